The molecule has 21 heavy (non-hydrogen) atoms. The van der Waals surface area contributed by atoms with Crippen LogP contribution in [0.3, 0.4) is 0 Å². The van der Waals surface area contributed by atoms with Crippen molar-refractivity contribution in [2.75, 3.05) is 32.7 Å². The molecular weight excluding hydrogens is 262 g/mol. The number of hydrogen-bond acceptors (Lipinski definition) is 4. The lowest BCUT2D eigenvalue weighted by atomic mass is 9.95. The maximum atomic E-state index is 10.7. The molecule has 1 heterocycles. The Morgan fingerprint density at radius 2 is 1.86 bits per heavy atom. The Kier molecular flexibility index (Phi) is 5.35. The van der Waals surface area contributed by atoms with Crippen molar-refractivity contribution in [2.45, 2.75) is 31.9 Å². The van der Waals surface area contributed by atoms with Gasteiger partial charge in [-0.25, -0.2) is 0 Å². The summed E-state index contributed by atoms with van der Waals surface area (Å²) in [6.07, 6.45) is 0.873. The van der Waals surface area contributed by atoms with Crippen molar-refractivity contribution in [1.82, 2.24) is 9.80 Å². The first-order valence-electron chi connectivity index (χ1n) is 7.70. The van der Waals surface area contributed by atoms with Crippen molar-refractivity contribution in [3.63, 3.8) is 0 Å². The molecule has 0 radical (unpaired) electrons. The number of nitrogens with zero attached hydrogens (tertiary/aromatic N) is 3. The van der Waals surface area contributed by atoms with Gasteiger partial charge in [-0.3, -0.25) is 9.80 Å². The summed E-state index contributed by atoms with van der Waals surface area (Å²) >= 11 is 0. The SMILES string of the molecule is CCC(C#N)N1CCN(CC(C)(O)c2ccccc2)CC1. The van der Waals surface area contributed by atoms with Gasteiger partial charge in [0.2, 0.25) is 0 Å². The van der Waals surface area contributed by atoms with Crippen molar-refractivity contribution in [3.05, 3.63) is 35.9 Å². The normalized spacial score (nSPS) is 21.4. The van der Waals surface area contributed by atoms with Crippen LogP contribution in [0, 0.1) is 11.3 Å². The van der Waals surface area contributed by atoms with Crippen molar-refractivity contribution in [1.29, 1.82) is 5.26 Å². The molecule has 4 heteroatoms. The zero-order valence-corrected chi connectivity index (χ0v) is 13.0. The fourth-order valence-corrected chi connectivity index (χ4v) is 2.99. The number of benzene rings is 1. The summed E-state index contributed by atoms with van der Waals surface area (Å²) < 4.78 is 0. The van der Waals surface area contributed by atoms with E-state index in [0.717, 1.165) is 38.2 Å². The summed E-state index contributed by atoms with van der Waals surface area (Å²) in [7, 11) is 0. The second-order valence-corrected chi connectivity index (χ2v) is 6.01. The first kappa shape index (κ1) is 16.0. The molecule has 2 unspecified atom stereocenters. The number of β-amino-alcohol motifs (C(OH)–C–C–N with tert-alkyl or cyclic N) is 1. The zero-order valence-electron chi connectivity index (χ0n) is 13.0. The number of hydrogen-bond donors (Lipinski definition) is 1. The summed E-state index contributed by atoms with van der Waals surface area (Å²) in [5.74, 6) is 0. The first-order chi connectivity index (χ1) is 10.1. The van der Waals surface area contributed by atoms with E-state index < -0.39 is 5.60 Å². The van der Waals surface area contributed by atoms with E-state index in [1.54, 1.807) is 0 Å². The summed E-state index contributed by atoms with van der Waals surface area (Å²) in [6, 6.07) is 12.2. The highest BCUT2D eigenvalue weighted by atomic mass is 16.3. The first-order valence-corrected chi connectivity index (χ1v) is 7.70. The van der Waals surface area contributed by atoms with Crippen molar-refractivity contribution < 1.29 is 5.11 Å². The molecule has 0 amide bonds. The molecule has 0 spiro atoms. The molecule has 1 aromatic carbocycles. The molecule has 1 aromatic rings. The van der Waals surface area contributed by atoms with Crippen molar-refractivity contribution >= 4 is 0 Å². The maximum absolute atomic E-state index is 10.7. The topological polar surface area (TPSA) is 50.5 Å². The standard InChI is InChI=1S/C17H25N3O/c1-3-16(13-18)20-11-9-19(10-12-20)14-17(2,21)15-7-5-4-6-8-15/h4-8,16,21H,3,9-12,14H2,1-2H3. The van der Waals surface area contributed by atoms with Crippen LogP contribution in [0.15, 0.2) is 30.3 Å². The van der Waals surface area contributed by atoms with E-state index in [9.17, 15) is 5.11 Å². The van der Waals surface area contributed by atoms with Gasteiger partial charge in [-0.15, -0.1) is 0 Å². The molecule has 0 saturated carbocycles. The lowest BCUT2D eigenvalue weighted by Gasteiger charge is -2.39. The number of nitriles is 1. The number of rotatable bonds is 5. The van der Waals surface area contributed by atoms with Gasteiger partial charge in [0.05, 0.1) is 17.7 Å². The highest BCUT2D eigenvalue weighted by molar-refractivity contribution is 5.21. The fraction of sp³-hybridized carbons (Fsp3) is 0.588. The minimum absolute atomic E-state index is 0.0294. The molecule has 4 nitrogen and oxygen atoms in total. The van der Waals surface area contributed by atoms with E-state index in [2.05, 4.69) is 22.8 Å². The van der Waals surface area contributed by atoms with E-state index in [0.29, 0.717) is 6.54 Å². The van der Waals surface area contributed by atoms with E-state index in [4.69, 9.17) is 5.26 Å². The van der Waals surface area contributed by atoms with Gasteiger partial charge < -0.3 is 5.11 Å². The molecule has 1 fully saturated rings. The Morgan fingerprint density at radius 3 is 2.38 bits per heavy atom. The van der Waals surface area contributed by atoms with Crippen LogP contribution in [0.4, 0.5) is 0 Å². The van der Waals surface area contributed by atoms with Crippen molar-refractivity contribution in [2.24, 2.45) is 0 Å². The zero-order chi connectivity index (χ0) is 15.3. The molecule has 1 saturated heterocycles. The van der Waals surface area contributed by atoms with E-state index in [1.807, 2.05) is 37.3 Å². The summed E-state index contributed by atoms with van der Waals surface area (Å²) in [5.41, 5.74) is 0.124. The summed E-state index contributed by atoms with van der Waals surface area (Å²) in [6.45, 7) is 8.17. The van der Waals surface area contributed by atoms with Gasteiger partial charge in [-0.2, -0.15) is 5.26 Å². The highest BCUT2D eigenvalue weighted by Gasteiger charge is 2.29. The molecule has 0 aliphatic carbocycles. The molecule has 2 rings (SSSR count). The fourth-order valence-electron chi connectivity index (χ4n) is 2.99. The number of aliphatic hydroxyl groups is 1. The predicted molar refractivity (Wildman–Crippen MR) is 83.7 cm³/mol. The van der Waals surface area contributed by atoms with Crippen LogP contribution in [0.5, 0.6) is 0 Å². The highest BCUT2D eigenvalue weighted by Crippen LogP contribution is 2.22. The third kappa shape index (κ3) is 4.04. The summed E-state index contributed by atoms with van der Waals surface area (Å²) in [5, 5.41) is 19.8. The largest absolute Gasteiger partial charge is 0.384 e. The van der Waals surface area contributed by atoms with E-state index >= 15 is 0 Å². The molecule has 1 aliphatic rings. The third-order valence-electron chi connectivity index (χ3n) is 4.31. The minimum Gasteiger partial charge on any atom is -0.384 e. The predicted octanol–water partition coefficient (Wildman–Crippen LogP) is 1.81. The monoisotopic (exact) mass is 287 g/mol. The van der Waals surface area contributed by atoms with Gasteiger partial charge >= 0.3 is 0 Å². The smallest absolute Gasteiger partial charge is 0.0994 e. The molecule has 0 aromatic heterocycles. The molecule has 1 aliphatic heterocycles. The lowest BCUT2D eigenvalue weighted by Crippen LogP contribution is -2.52. The van der Waals surface area contributed by atoms with Crippen molar-refractivity contribution in [3.8, 4) is 6.07 Å². The van der Waals surface area contributed by atoms with Crippen LogP contribution in [0.2, 0.25) is 0 Å². The van der Waals surface area contributed by atoms with Crippen LogP contribution in [0.25, 0.3) is 0 Å². The van der Waals surface area contributed by atoms with Crippen LogP contribution < -0.4 is 0 Å². The molecule has 1 N–H and O–H groups in total. The Morgan fingerprint density at radius 1 is 1.24 bits per heavy atom. The van der Waals surface area contributed by atoms with Gasteiger partial charge in [-0.1, -0.05) is 37.3 Å². The lowest BCUT2D eigenvalue weighted by molar-refractivity contribution is -0.00222. The van der Waals surface area contributed by atoms with Gasteiger partial charge in [-0.05, 0) is 18.9 Å². The second-order valence-electron chi connectivity index (χ2n) is 6.01. The quantitative estimate of drug-likeness (QED) is 0.897. The molecule has 114 valence electrons. The van der Waals surface area contributed by atoms with Crippen LogP contribution in [-0.4, -0.2) is 53.7 Å². The van der Waals surface area contributed by atoms with Gasteiger partial charge in [0.15, 0.2) is 0 Å². The minimum atomic E-state index is -0.831. The Labute approximate surface area is 127 Å². The third-order valence-corrected chi connectivity index (χ3v) is 4.31. The Bertz CT molecular complexity index is 473. The van der Waals surface area contributed by atoms with Crippen LogP contribution in [-0.2, 0) is 5.60 Å². The van der Waals surface area contributed by atoms with E-state index in [-0.39, 0.29) is 6.04 Å². The Hall–Kier alpha value is -1.41. The van der Waals surface area contributed by atoms with Crippen LogP contribution in [0.1, 0.15) is 25.8 Å². The van der Waals surface area contributed by atoms with Gasteiger partial charge in [0.1, 0.15) is 0 Å². The maximum Gasteiger partial charge on any atom is 0.0994 e. The van der Waals surface area contributed by atoms with Gasteiger partial charge in [0, 0.05) is 32.7 Å². The average molecular weight is 287 g/mol. The second kappa shape index (κ2) is 7.04. The van der Waals surface area contributed by atoms with E-state index in [1.165, 1.54) is 0 Å². The Balaban J connectivity index is 1.90. The average Bonchev–Trinajstić information content (AvgIpc) is 2.51. The molecule has 2 atom stereocenters. The molecular formula is C17H25N3O. The molecule has 0 bridgehead atoms. The van der Waals surface area contributed by atoms with Crippen LogP contribution >= 0.6 is 0 Å². The van der Waals surface area contributed by atoms with Gasteiger partial charge in [0.25, 0.3) is 0 Å². The number of piperazine rings is 1. The summed E-state index contributed by atoms with van der Waals surface area (Å²) in [4.78, 5) is 4.53.